The van der Waals surface area contributed by atoms with Crippen molar-refractivity contribution in [1.29, 1.82) is 0 Å². The van der Waals surface area contributed by atoms with Crippen LogP contribution in [0.3, 0.4) is 0 Å². The second-order valence-electron chi connectivity index (χ2n) is 3.27. The number of nitrogens with one attached hydrogen (secondary N) is 3. The minimum atomic E-state index is -0.494. The largest absolute Gasteiger partial charge is 0.450 e. The first kappa shape index (κ1) is 13.8. The van der Waals surface area contributed by atoms with Crippen LogP contribution in [0.4, 0.5) is 15.3 Å². The number of hydrogen-bond donors (Lipinski definition) is 3. The van der Waals surface area contributed by atoms with Crippen LogP contribution in [0.25, 0.3) is 0 Å². The molecule has 1 aromatic rings. The molecule has 0 spiro atoms. The Morgan fingerprint density at radius 2 is 2.11 bits per heavy atom. The molecule has 0 aliphatic heterocycles. The van der Waals surface area contributed by atoms with E-state index in [1.54, 1.807) is 25.3 Å². The van der Waals surface area contributed by atoms with Gasteiger partial charge in [0.05, 0.1) is 18.5 Å². The number of hydrogen-bond acceptors (Lipinski definition) is 4. The van der Waals surface area contributed by atoms with Crippen LogP contribution >= 0.6 is 0 Å². The number of rotatable bonds is 5. The van der Waals surface area contributed by atoms with E-state index in [1.165, 1.54) is 6.20 Å². The van der Waals surface area contributed by atoms with Gasteiger partial charge < -0.3 is 20.7 Å². The summed E-state index contributed by atoms with van der Waals surface area (Å²) in [5.74, 6) is 0. The Morgan fingerprint density at radius 1 is 1.33 bits per heavy atom. The number of alkyl carbamates (subject to hydrolysis) is 1. The molecular weight excluding hydrogens is 236 g/mol. The molecule has 0 saturated carbocycles. The molecule has 3 N–H and O–H groups in total. The Morgan fingerprint density at radius 3 is 2.78 bits per heavy atom. The minimum absolute atomic E-state index is 0.305. The van der Waals surface area contributed by atoms with E-state index in [2.05, 4.69) is 25.7 Å². The summed E-state index contributed by atoms with van der Waals surface area (Å²) in [4.78, 5) is 26.2. The van der Waals surface area contributed by atoms with Gasteiger partial charge in [0.15, 0.2) is 0 Å². The maximum atomic E-state index is 11.4. The quantitative estimate of drug-likeness (QED) is 0.680. The number of carbonyl (C=O) groups excluding carboxylic acids is 2. The van der Waals surface area contributed by atoms with Gasteiger partial charge in [-0.15, -0.1) is 0 Å². The zero-order chi connectivity index (χ0) is 13.2. The van der Waals surface area contributed by atoms with Gasteiger partial charge in [-0.2, -0.15) is 0 Å². The van der Waals surface area contributed by atoms with Crippen molar-refractivity contribution in [2.75, 3.05) is 25.0 Å². The van der Waals surface area contributed by atoms with Gasteiger partial charge in [-0.1, -0.05) is 0 Å². The van der Waals surface area contributed by atoms with E-state index in [4.69, 9.17) is 0 Å². The zero-order valence-corrected chi connectivity index (χ0v) is 10.1. The molecule has 0 fully saturated rings. The summed E-state index contributed by atoms with van der Waals surface area (Å²) in [6, 6.07) is 3.09. The molecule has 7 nitrogen and oxygen atoms in total. The van der Waals surface area contributed by atoms with Gasteiger partial charge >= 0.3 is 12.1 Å². The summed E-state index contributed by atoms with van der Waals surface area (Å²) in [7, 11) is 0. The van der Waals surface area contributed by atoms with Gasteiger partial charge in [-0.05, 0) is 19.1 Å². The van der Waals surface area contributed by atoms with Gasteiger partial charge in [0.2, 0.25) is 0 Å². The predicted molar refractivity (Wildman–Crippen MR) is 66.3 cm³/mol. The summed E-state index contributed by atoms with van der Waals surface area (Å²) < 4.78 is 4.66. The van der Waals surface area contributed by atoms with Gasteiger partial charge in [0, 0.05) is 19.3 Å². The molecule has 0 aromatic carbocycles. The van der Waals surface area contributed by atoms with Crippen molar-refractivity contribution in [1.82, 2.24) is 15.6 Å². The number of anilines is 1. The van der Waals surface area contributed by atoms with Crippen LogP contribution in [0.2, 0.25) is 0 Å². The van der Waals surface area contributed by atoms with E-state index in [1.807, 2.05) is 0 Å². The molecule has 0 radical (unpaired) electrons. The number of nitrogens with zero attached hydrogens (tertiary/aromatic N) is 1. The third-order valence-corrected chi connectivity index (χ3v) is 1.87. The summed E-state index contributed by atoms with van der Waals surface area (Å²) >= 11 is 0. The molecule has 0 aliphatic carbocycles. The van der Waals surface area contributed by atoms with E-state index >= 15 is 0 Å². The van der Waals surface area contributed by atoms with Crippen molar-refractivity contribution in [3.05, 3.63) is 24.5 Å². The number of ether oxygens (including phenoxy) is 1. The summed E-state index contributed by atoms with van der Waals surface area (Å²) in [6.07, 6.45) is 2.66. The van der Waals surface area contributed by atoms with Crippen molar-refractivity contribution >= 4 is 17.8 Å². The van der Waals surface area contributed by atoms with E-state index < -0.39 is 6.09 Å². The molecule has 7 heteroatoms. The maximum absolute atomic E-state index is 11.4. The molecule has 98 valence electrons. The lowest BCUT2D eigenvalue weighted by Crippen LogP contribution is -2.37. The van der Waals surface area contributed by atoms with E-state index in [0.29, 0.717) is 25.4 Å². The molecule has 0 aliphatic rings. The first-order valence-corrected chi connectivity index (χ1v) is 5.58. The van der Waals surface area contributed by atoms with Crippen molar-refractivity contribution in [2.45, 2.75) is 6.92 Å². The molecule has 0 atom stereocenters. The number of pyridine rings is 1. The zero-order valence-electron chi connectivity index (χ0n) is 10.1. The van der Waals surface area contributed by atoms with E-state index in [0.717, 1.165) is 0 Å². The van der Waals surface area contributed by atoms with Crippen LogP contribution in [-0.4, -0.2) is 36.8 Å². The normalized spacial score (nSPS) is 9.39. The second-order valence-corrected chi connectivity index (χ2v) is 3.27. The third kappa shape index (κ3) is 5.69. The van der Waals surface area contributed by atoms with Crippen LogP contribution in [0.1, 0.15) is 6.92 Å². The van der Waals surface area contributed by atoms with Gasteiger partial charge in [0.1, 0.15) is 0 Å². The van der Waals surface area contributed by atoms with Crippen LogP contribution in [-0.2, 0) is 4.74 Å². The van der Waals surface area contributed by atoms with Crippen LogP contribution in [0.5, 0.6) is 0 Å². The smallest absolute Gasteiger partial charge is 0.407 e. The Balaban J connectivity index is 2.12. The topological polar surface area (TPSA) is 92.4 Å². The van der Waals surface area contributed by atoms with Crippen LogP contribution in [0.15, 0.2) is 24.5 Å². The Hall–Kier alpha value is -2.31. The highest BCUT2D eigenvalue weighted by Crippen LogP contribution is 2.01. The average Bonchev–Trinajstić information content (AvgIpc) is 2.36. The lowest BCUT2D eigenvalue weighted by Gasteiger charge is -2.08. The summed E-state index contributed by atoms with van der Waals surface area (Å²) in [5.41, 5.74) is 0.605. The standard InChI is InChI=1S/C11H16N4O3/c1-2-18-11(17)14-7-6-13-10(16)15-9-4-3-5-12-8-9/h3-5,8H,2,6-7H2,1H3,(H,14,17)(H2,13,15,16). The first-order valence-electron chi connectivity index (χ1n) is 5.58. The fourth-order valence-electron chi connectivity index (χ4n) is 1.13. The number of urea groups is 1. The molecule has 1 rings (SSSR count). The van der Waals surface area contributed by atoms with Crippen molar-refractivity contribution < 1.29 is 14.3 Å². The number of amides is 3. The predicted octanol–water partition coefficient (Wildman–Crippen LogP) is 0.949. The molecular formula is C11H16N4O3. The summed E-state index contributed by atoms with van der Waals surface area (Å²) in [6.45, 7) is 2.66. The Labute approximate surface area is 105 Å². The highest BCUT2D eigenvalue weighted by atomic mass is 16.5. The second kappa shape index (κ2) is 7.88. The monoisotopic (exact) mass is 252 g/mol. The summed E-state index contributed by atoms with van der Waals surface area (Å²) in [5, 5.41) is 7.67. The van der Waals surface area contributed by atoms with Crippen molar-refractivity contribution in [3.8, 4) is 0 Å². The molecule has 1 aromatic heterocycles. The fraction of sp³-hybridized carbons (Fsp3) is 0.364. The van der Waals surface area contributed by atoms with Crippen molar-refractivity contribution in [3.63, 3.8) is 0 Å². The fourth-order valence-corrected chi connectivity index (χ4v) is 1.13. The lowest BCUT2D eigenvalue weighted by molar-refractivity contribution is 0.152. The third-order valence-electron chi connectivity index (χ3n) is 1.87. The molecule has 0 saturated heterocycles. The van der Waals surface area contributed by atoms with Crippen LogP contribution in [0, 0.1) is 0 Å². The van der Waals surface area contributed by atoms with E-state index in [-0.39, 0.29) is 6.03 Å². The molecule has 1 heterocycles. The molecule has 0 bridgehead atoms. The molecule has 18 heavy (non-hydrogen) atoms. The lowest BCUT2D eigenvalue weighted by atomic mass is 10.4. The Kier molecular flexibility index (Phi) is 6.02. The Bertz CT molecular complexity index is 383. The van der Waals surface area contributed by atoms with Gasteiger partial charge in [0.25, 0.3) is 0 Å². The number of carbonyl (C=O) groups is 2. The maximum Gasteiger partial charge on any atom is 0.407 e. The van der Waals surface area contributed by atoms with Gasteiger partial charge in [-0.3, -0.25) is 4.98 Å². The highest BCUT2D eigenvalue weighted by Gasteiger charge is 2.02. The van der Waals surface area contributed by atoms with Crippen molar-refractivity contribution in [2.24, 2.45) is 0 Å². The number of aromatic nitrogens is 1. The van der Waals surface area contributed by atoms with E-state index in [9.17, 15) is 9.59 Å². The van der Waals surface area contributed by atoms with Gasteiger partial charge in [-0.25, -0.2) is 9.59 Å². The first-order chi connectivity index (χ1) is 8.72. The molecule has 3 amide bonds. The highest BCUT2D eigenvalue weighted by molar-refractivity contribution is 5.88. The molecule has 0 unspecified atom stereocenters. The SMILES string of the molecule is CCOC(=O)NCCNC(=O)Nc1cccnc1. The minimum Gasteiger partial charge on any atom is -0.450 e. The average molecular weight is 252 g/mol. The van der Waals surface area contributed by atoms with Crippen LogP contribution < -0.4 is 16.0 Å².